The first-order valence-corrected chi connectivity index (χ1v) is 9.22. The van der Waals surface area contributed by atoms with Crippen molar-refractivity contribution < 1.29 is 9.53 Å². The maximum atomic E-state index is 12.2. The van der Waals surface area contributed by atoms with Gasteiger partial charge in [0, 0.05) is 28.9 Å². The highest BCUT2D eigenvalue weighted by molar-refractivity contribution is 7.13. The minimum absolute atomic E-state index is 0.00306. The zero-order valence-electron chi connectivity index (χ0n) is 14.7. The highest BCUT2D eigenvalue weighted by Crippen LogP contribution is 2.23. The minimum atomic E-state index is -0.220. The highest BCUT2D eigenvalue weighted by atomic mass is 32.1. The predicted octanol–water partition coefficient (Wildman–Crippen LogP) is 4.57. The van der Waals surface area contributed by atoms with Crippen LogP contribution in [-0.4, -0.2) is 24.2 Å². The summed E-state index contributed by atoms with van der Waals surface area (Å²) >= 11 is 1.59. The van der Waals surface area contributed by atoms with Crippen LogP contribution in [0.2, 0.25) is 0 Å². The normalized spacial score (nSPS) is 11.6. The van der Waals surface area contributed by atoms with Crippen LogP contribution >= 0.6 is 11.3 Å². The van der Waals surface area contributed by atoms with Crippen molar-refractivity contribution in [1.29, 1.82) is 0 Å². The molecule has 3 rings (SSSR count). The Morgan fingerprint density at radius 1 is 1.23 bits per heavy atom. The van der Waals surface area contributed by atoms with Gasteiger partial charge in [0.1, 0.15) is 10.8 Å². The molecular weight excluding hydrogens is 346 g/mol. The van der Waals surface area contributed by atoms with Crippen LogP contribution in [-0.2, 0) is 6.42 Å². The molecule has 0 saturated carbocycles. The van der Waals surface area contributed by atoms with Crippen molar-refractivity contribution in [3.8, 4) is 16.3 Å². The molecule has 1 aromatic heterocycles. The number of hydrogen-bond acceptors (Lipinski definition) is 4. The number of nitrogens with one attached hydrogen (secondary N) is 2. The first-order valence-electron chi connectivity index (χ1n) is 8.34. The number of benzene rings is 2. The molecule has 0 aliphatic rings. The highest BCUT2D eigenvalue weighted by Gasteiger charge is 2.09. The van der Waals surface area contributed by atoms with Crippen LogP contribution in [0, 0.1) is 0 Å². The van der Waals surface area contributed by atoms with Gasteiger partial charge in [-0.2, -0.15) is 0 Å². The Labute approximate surface area is 157 Å². The van der Waals surface area contributed by atoms with Crippen molar-refractivity contribution in [3.63, 3.8) is 0 Å². The lowest BCUT2D eigenvalue weighted by molar-refractivity contribution is 0.249. The van der Waals surface area contributed by atoms with Crippen LogP contribution < -0.4 is 15.4 Å². The van der Waals surface area contributed by atoms with Crippen molar-refractivity contribution in [2.75, 3.05) is 12.4 Å². The minimum Gasteiger partial charge on any atom is -0.497 e. The molecule has 2 aromatic carbocycles. The van der Waals surface area contributed by atoms with Gasteiger partial charge in [0.05, 0.1) is 7.11 Å². The molecule has 3 aromatic rings. The van der Waals surface area contributed by atoms with E-state index in [2.05, 4.69) is 15.6 Å². The Bertz CT molecular complexity index is 848. The van der Waals surface area contributed by atoms with E-state index in [0.29, 0.717) is 0 Å². The number of rotatable bonds is 6. The second kappa shape index (κ2) is 8.49. The van der Waals surface area contributed by atoms with E-state index in [-0.39, 0.29) is 12.1 Å². The van der Waals surface area contributed by atoms with Crippen molar-refractivity contribution in [2.45, 2.75) is 19.4 Å². The average Bonchev–Trinajstić information content (AvgIpc) is 3.17. The number of urea groups is 1. The summed E-state index contributed by atoms with van der Waals surface area (Å²) in [6, 6.07) is 15.3. The Morgan fingerprint density at radius 2 is 2.04 bits per heavy atom. The monoisotopic (exact) mass is 367 g/mol. The molecule has 0 radical (unpaired) electrons. The number of ether oxygens (including phenoxy) is 1. The molecule has 1 heterocycles. The molecule has 0 aliphatic carbocycles. The number of thiazole rings is 1. The molecular formula is C20H21N3O2S. The number of aromatic nitrogens is 1. The third-order valence-corrected chi connectivity index (χ3v) is 4.70. The van der Waals surface area contributed by atoms with E-state index in [1.54, 1.807) is 24.6 Å². The van der Waals surface area contributed by atoms with Gasteiger partial charge in [-0.25, -0.2) is 9.78 Å². The molecule has 2 N–H and O–H groups in total. The Morgan fingerprint density at radius 3 is 2.73 bits per heavy atom. The number of methoxy groups -OCH3 is 1. The van der Waals surface area contributed by atoms with Crippen molar-refractivity contribution >= 4 is 23.1 Å². The SMILES string of the molecule is COc1cccc(CC(C)NC(=O)Nc2ccc(-c3nccs3)cc2)c1. The fourth-order valence-corrected chi connectivity index (χ4v) is 3.30. The summed E-state index contributed by atoms with van der Waals surface area (Å²) in [5.41, 5.74) is 2.90. The number of nitrogens with zero attached hydrogens (tertiary/aromatic N) is 1. The molecule has 0 saturated heterocycles. The van der Waals surface area contributed by atoms with E-state index < -0.39 is 0 Å². The first-order chi connectivity index (χ1) is 12.6. The van der Waals surface area contributed by atoms with Gasteiger partial charge >= 0.3 is 6.03 Å². The molecule has 1 atom stereocenters. The summed E-state index contributed by atoms with van der Waals surface area (Å²) in [4.78, 5) is 16.5. The molecule has 5 nitrogen and oxygen atoms in total. The summed E-state index contributed by atoms with van der Waals surface area (Å²) in [6.07, 6.45) is 2.51. The molecule has 6 heteroatoms. The summed E-state index contributed by atoms with van der Waals surface area (Å²) < 4.78 is 5.23. The Balaban J connectivity index is 1.53. The largest absolute Gasteiger partial charge is 0.497 e. The van der Waals surface area contributed by atoms with Crippen molar-refractivity contribution in [1.82, 2.24) is 10.3 Å². The van der Waals surface area contributed by atoms with E-state index in [9.17, 15) is 4.79 Å². The zero-order chi connectivity index (χ0) is 18.4. The van der Waals surface area contributed by atoms with Gasteiger partial charge in [-0.1, -0.05) is 12.1 Å². The number of carbonyl (C=O) groups excluding carboxylic acids is 1. The molecule has 2 amide bonds. The third kappa shape index (κ3) is 4.83. The van der Waals surface area contributed by atoms with Crippen LogP contribution in [0.15, 0.2) is 60.1 Å². The second-order valence-electron chi connectivity index (χ2n) is 5.97. The lowest BCUT2D eigenvalue weighted by Gasteiger charge is -2.15. The van der Waals surface area contributed by atoms with E-state index in [0.717, 1.165) is 34.0 Å². The average molecular weight is 367 g/mol. The number of anilines is 1. The smallest absolute Gasteiger partial charge is 0.319 e. The van der Waals surface area contributed by atoms with Gasteiger partial charge in [-0.15, -0.1) is 11.3 Å². The number of carbonyl (C=O) groups is 1. The first kappa shape index (κ1) is 17.9. The quantitative estimate of drug-likeness (QED) is 0.671. The fourth-order valence-electron chi connectivity index (χ4n) is 2.66. The van der Waals surface area contributed by atoms with E-state index in [1.807, 2.05) is 60.8 Å². The van der Waals surface area contributed by atoms with Gasteiger partial charge in [0.15, 0.2) is 0 Å². The molecule has 26 heavy (non-hydrogen) atoms. The van der Waals surface area contributed by atoms with Crippen LogP contribution in [0.4, 0.5) is 10.5 Å². The number of amides is 2. The van der Waals surface area contributed by atoms with Gasteiger partial charge in [0.25, 0.3) is 0 Å². The van der Waals surface area contributed by atoms with Crippen molar-refractivity contribution in [2.24, 2.45) is 0 Å². The number of hydrogen-bond donors (Lipinski definition) is 2. The van der Waals surface area contributed by atoms with Gasteiger partial charge in [0.2, 0.25) is 0 Å². The van der Waals surface area contributed by atoms with Crippen LogP contribution in [0.3, 0.4) is 0 Å². The molecule has 0 spiro atoms. The van der Waals surface area contributed by atoms with E-state index in [4.69, 9.17) is 4.74 Å². The van der Waals surface area contributed by atoms with Crippen LogP contribution in [0.25, 0.3) is 10.6 Å². The molecule has 0 fully saturated rings. The lowest BCUT2D eigenvalue weighted by Crippen LogP contribution is -2.37. The topological polar surface area (TPSA) is 63.2 Å². The van der Waals surface area contributed by atoms with E-state index >= 15 is 0 Å². The zero-order valence-corrected chi connectivity index (χ0v) is 15.5. The Hall–Kier alpha value is -2.86. The van der Waals surface area contributed by atoms with Gasteiger partial charge < -0.3 is 15.4 Å². The Kier molecular flexibility index (Phi) is 5.86. The maximum Gasteiger partial charge on any atom is 0.319 e. The summed E-state index contributed by atoms with van der Waals surface area (Å²) in [5, 5.41) is 8.73. The standard InChI is InChI=1S/C20H21N3O2S/c1-14(12-15-4-3-5-18(13-15)25-2)22-20(24)23-17-8-6-16(7-9-17)19-21-10-11-26-19/h3-11,13-14H,12H2,1-2H3,(H2,22,23,24). The van der Waals surface area contributed by atoms with Crippen LogP contribution in [0.5, 0.6) is 5.75 Å². The second-order valence-corrected chi connectivity index (χ2v) is 6.86. The lowest BCUT2D eigenvalue weighted by atomic mass is 10.1. The molecule has 1 unspecified atom stereocenters. The molecule has 0 aliphatic heterocycles. The maximum absolute atomic E-state index is 12.2. The predicted molar refractivity (Wildman–Crippen MR) is 106 cm³/mol. The van der Waals surface area contributed by atoms with Crippen molar-refractivity contribution in [3.05, 3.63) is 65.7 Å². The molecule has 0 bridgehead atoms. The van der Waals surface area contributed by atoms with E-state index in [1.165, 1.54) is 0 Å². The van der Waals surface area contributed by atoms with Crippen LogP contribution in [0.1, 0.15) is 12.5 Å². The summed E-state index contributed by atoms with van der Waals surface area (Å²) in [5.74, 6) is 0.819. The van der Waals surface area contributed by atoms with Gasteiger partial charge in [-0.05, 0) is 55.3 Å². The third-order valence-electron chi connectivity index (χ3n) is 3.88. The van der Waals surface area contributed by atoms with Gasteiger partial charge in [-0.3, -0.25) is 0 Å². The summed E-state index contributed by atoms with van der Waals surface area (Å²) in [7, 11) is 1.65. The summed E-state index contributed by atoms with van der Waals surface area (Å²) in [6.45, 7) is 1.98. The molecule has 134 valence electrons. The fraction of sp³-hybridized carbons (Fsp3) is 0.200.